The van der Waals surface area contributed by atoms with Gasteiger partial charge in [0.05, 0.1) is 5.56 Å². The van der Waals surface area contributed by atoms with E-state index >= 15 is 0 Å². The van der Waals surface area contributed by atoms with Crippen LogP contribution >= 0.6 is 27.5 Å². The molecule has 0 aliphatic carbocycles. The van der Waals surface area contributed by atoms with Gasteiger partial charge in [0.2, 0.25) is 0 Å². The Kier molecular flexibility index (Phi) is 5.95. The van der Waals surface area contributed by atoms with E-state index < -0.39 is 0 Å². The lowest BCUT2D eigenvalue weighted by atomic mass is 10.1. The van der Waals surface area contributed by atoms with E-state index in [-0.39, 0.29) is 18.6 Å². The molecule has 0 saturated carbocycles. The molecular weight excluding hydrogens is 305 g/mol. The van der Waals surface area contributed by atoms with Crippen molar-refractivity contribution in [1.82, 2.24) is 5.32 Å². The summed E-state index contributed by atoms with van der Waals surface area (Å²) in [6.45, 7) is 2.05. The number of benzene rings is 1. The van der Waals surface area contributed by atoms with Gasteiger partial charge in [0.25, 0.3) is 5.91 Å². The van der Waals surface area contributed by atoms with Crippen LogP contribution in [0.3, 0.4) is 0 Å². The Morgan fingerprint density at radius 3 is 2.94 bits per heavy atom. The second kappa shape index (κ2) is 6.99. The van der Waals surface area contributed by atoms with Crippen LogP contribution < -0.4 is 5.32 Å². The highest BCUT2D eigenvalue weighted by atomic mass is 79.9. The largest absolute Gasteiger partial charge is 0.396 e. The fourth-order valence-corrected chi connectivity index (χ4v) is 2.04. The van der Waals surface area contributed by atoms with E-state index in [1.165, 1.54) is 0 Å². The van der Waals surface area contributed by atoms with Crippen LogP contribution in [0.15, 0.2) is 22.7 Å². The van der Waals surface area contributed by atoms with Gasteiger partial charge in [-0.1, -0.05) is 11.6 Å². The van der Waals surface area contributed by atoms with Crippen molar-refractivity contribution in [2.75, 3.05) is 6.61 Å². The molecule has 0 fully saturated rings. The normalized spacial score (nSPS) is 12.2. The maximum atomic E-state index is 11.9. The number of aliphatic hydroxyl groups excluding tert-OH is 1. The summed E-state index contributed by atoms with van der Waals surface area (Å²) >= 11 is 9.16. The SMILES string of the molecule is CC(CCCO)NC(=O)c1cc(Cl)ccc1Br. The molecule has 0 aliphatic heterocycles. The van der Waals surface area contributed by atoms with Crippen LogP contribution in [-0.4, -0.2) is 23.7 Å². The molecule has 1 unspecified atom stereocenters. The minimum atomic E-state index is -0.162. The van der Waals surface area contributed by atoms with Crippen molar-refractivity contribution < 1.29 is 9.90 Å². The highest BCUT2D eigenvalue weighted by Gasteiger charge is 2.13. The highest BCUT2D eigenvalue weighted by molar-refractivity contribution is 9.10. The number of carbonyl (C=O) groups excluding carboxylic acids is 1. The summed E-state index contributed by atoms with van der Waals surface area (Å²) in [5.74, 6) is -0.162. The lowest BCUT2D eigenvalue weighted by molar-refractivity contribution is 0.0935. The van der Waals surface area contributed by atoms with Crippen molar-refractivity contribution in [1.29, 1.82) is 0 Å². The summed E-state index contributed by atoms with van der Waals surface area (Å²) < 4.78 is 0.716. The molecule has 5 heteroatoms. The summed E-state index contributed by atoms with van der Waals surface area (Å²) in [4.78, 5) is 11.9. The van der Waals surface area contributed by atoms with Crippen LogP contribution in [0, 0.1) is 0 Å². The summed E-state index contributed by atoms with van der Waals surface area (Å²) in [6.07, 6.45) is 1.43. The Morgan fingerprint density at radius 1 is 1.59 bits per heavy atom. The molecule has 0 saturated heterocycles. The van der Waals surface area contributed by atoms with Crippen LogP contribution in [0.25, 0.3) is 0 Å². The number of rotatable bonds is 5. The van der Waals surface area contributed by atoms with Gasteiger partial charge in [-0.25, -0.2) is 0 Å². The molecular formula is C12H15BrClNO2. The van der Waals surface area contributed by atoms with Gasteiger partial charge in [-0.15, -0.1) is 0 Å². The first-order chi connectivity index (χ1) is 8.04. The minimum Gasteiger partial charge on any atom is -0.396 e. The van der Waals surface area contributed by atoms with Crippen LogP contribution in [0.5, 0.6) is 0 Å². The van der Waals surface area contributed by atoms with Crippen molar-refractivity contribution in [3.8, 4) is 0 Å². The van der Waals surface area contributed by atoms with Crippen molar-refractivity contribution in [3.63, 3.8) is 0 Å². The van der Waals surface area contributed by atoms with E-state index in [1.54, 1.807) is 18.2 Å². The second-order valence-corrected chi connectivity index (χ2v) is 5.16. The topological polar surface area (TPSA) is 49.3 Å². The van der Waals surface area contributed by atoms with E-state index in [4.69, 9.17) is 16.7 Å². The first-order valence-corrected chi connectivity index (χ1v) is 6.58. The molecule has 1 aromatic carbocycles. The van der Waals surface area contributed by atoms with Gasteiger partial charge in [-0.3, -0.25) is 4.79 Å². The lowest BCUT2D eigenvalue weighted by Crippen LogP contribution is -2.32. The molecule has 0 radical (unpaired) electrons. The third-order valence-corrected chi connectivity index (χ3v) is 3.27. The predicted molar refractivity (Wildman–Crippen MR) is 72.4 cm³/mol. The molecule has 1 atom stereocenters. The molecule has 94 valence electrons. The van der Waals surface area contributed by atoms with Crippen molar-refractivity contribution in [2.45, 2.75) is 25.8 Å². The number of aliphatic hydroxyl groups is 1. The quantitative estimate of drug-likeness (QED) is 0.876. The number of hydrogen-bond acceptors (Lipinski definition) is 2. The first-order valence-electron chi connectivity index (χ1n) is 5.41. The molecule has 1 aromatic rings. The van der Waals surface area contributed by atoms with Crippen LogP contribution in [0.2, 0.25) is 5.02 Å². The van der Waals surface area contributed by atoms with Gasteiger partial charge in [0.1, 0.15) is 0 Å². The number of carbonyl (C=O) groups is 1. The van der Waals surface area contributed by atoms with E-state index in [1.807, 2.05) is 6.92 Å². The van der Waals surface area contributed by atoms with E-state index in [0.717, 1.165) is 6.42 Å². The average Bonchev–Trinajstić information content (AvgIpc) is 2.29. The first kappa shape index (κ1) is 14.5. The lowest BCUT2D eigenvalue weighted by Gasteiger charge is -2.14. The fraction of sp³-hybridized carbons (Fsp3) is 0.417. The molecule has 0 aromatic heterocycles. The average molecular weight is 321 g/mol. The Labute approximate surface area is 114 Å². The van der Waals surface area contributed by atoms with Gasteiger partial charge in [0, 0.05) is 22.1 Å². The molecule has 3 nitrogen and oxygen atoms in total. The number of halogens is 2. The Morgan fingerprint density at radius 2 is 2.29 bits per heavy atom. The second-order valence-electron chi connectivity index (χ2n) is 3.86. The zero-order chi connectivity index (χ0) is 12.8. The zero-order valence-corrected chi connectivity index (χ0v) is 11.9. The highest BCUT2D eigenvalue weighted by Crippen LogP contribution is 2.21. The predicted octanol–water partition coefficient (Wildman–Crippen LogP) is 2.99. The Hall–Kier alpha value is -0.580. The maximum Gasteiger partial charge on any atom is 0.252 e. The van der Waals surface area contributed by atoms with Crippen LogP contribution in [0.4, 0.5) is 0 Å². The minimum absolute atomic E-state index is 0.0283. The maximum absolute atomic E-state index is 11.9. The van der Waals surface area contributed by atoms with Gasteiger partial charge in [0.15, 0.2) is 0 Å². The van der Waals surface area contributed by atoms with Gasteiger partial charge in [-0.05, 0) is 53.9 Å². The summed E-state index contributed by atoms with van der Waals surface area (Å²) in [5.41, 5.74) is 0.522. The summed E-state index contributed by atoms with van der Waals surface area (Å²) in [7, 11) is 0. The van der Waals surface area contributed by atoms with E-state index in [9.17, 15) is 4.79 Å². The van der Waals surface area contributed by atoms with Crippen molar-refractivity contribution in [3.05, 3.63) is 33.3 Å². The molecule has 1 amide bonds. The molecule has 0 aliphatic rings. The fourth-order valence-electron chi connectivity index (χ4n) is 1.44. The number of amides is 1. The van der Waals surface area contributed by atoms with Crippen molar-refractivity contribution in [2.24, 2.45) is 0 Å². The molecule has 0 bridgehead atoms. The molecule has 1 rings (SSSR count). The Balaban J connectivity index is 2.66. The van der Waals surface area contributed by atoms with Gasteiger partial charge < -0.3 is 10.4 Å². The number of nitrogens with one attached hydrogen (secondary N) is 1. The standard InChI is InChI=1S/C12H15BrClNO2/c1-8(3-2-6-16)15-12(17)10-7-9(14)4-5-11(10)13/h4-5,7-8,16H,2-3,6H2,1H3,(H,15,17). The molecule has 17 heavy (non-hydrogen) atoms. The van der Waals surface area contributed by atoms with E-state index in [0.29, 0.717) is 21.5 Å². The van der Waals surface area contributed by atoms with Crippen molar-refractivity contribution >= 4 is 33.4 Å². The number of hydrogen-bond donors (Lipinski definition) is 2. The van der Waals surface area contributed by atoms with Gasteiger partial charge in [-0.2, -0.15) is 0 Å². The third kappa shape index (κ3) is 4.66. The van der Waals surface area contributed by atoms with E-state index in [2.05, 4.69) is 21.2 Å². The Bertz CT molecular complexity index is 398. The van der Waals surface area contributed by atoms with Gasteiger partial charge >= 0.3 is 0 Å². The van der Waals surface area contributed by atoms with Crippen LogP contribution in [0.1, 0.15) is 30.1 Å². The molecule has 0 spiro atoms. The smallest absolute Gasteiger partial charge is 0.252 e. The zero-order valence-electron chi connectivity index (χ0n) is 9.54. The summed E-state index contributed by atoms with van der Waals surface area (Å²) in [5, 5.41) is 12.1. The summed E-state index contributed by atoms with van der Waals surface area (Å²) in [6, 6.07) is 5.12. The molecule has 2 N–H and O–H groups in total. The third-order valence-electron chi connectivity index (χ3n) is 2.35. The van der Waals surface area contributed by atoms with Crippen LogP contribution in [-0.2, 0) is 0 Å². The molecule has 0 heterocycles. The monoisotopic (exact) mass is 319 g/mol.